The number of allylic oxidation sites excluding steroid dienone is 1. The maximum Gasteiger partial charge on any atom is 0.185 e. The highest BCUT2D eigenvalue weighted by atomic mass is 16.5. The normalized spacial score (nSPS) is 16.6. The standard InChI is InChI=1S/C26H31N3O3/c1-27-13-15-28(16-14-27)18-22(30)19-29-17-21(24-5-3-4-6-25(24)29)9-12-26(31)20-7-10-23(32-2)11-8-20/h3-12,17,22,30H,13-16,18-19H2,1-2H3. The quantitative estimate of drug-likeness (QED) is 0.437. The van der Waals surface area contributed by atoms with E-state index in [1.54, 1.807) is 37.5 Å². The van der Waals surface area contributed by atoms with E-state index in [1.165, 1.54) is 0 Å². The predicted molar refractivity (Wildman–Crippen MR) is 128 cm³/mol. The minimum Gasteiger partial charge on any atom is -0.497 e. The molecule has 0 bridgehead atoms. The first kappa shape index (κ1) is 22.3. The van der Waals surface area contributed by atoms with Crippen LogP contribution in [0.3, 0.4) is 0 Å². The molecule has 4 rings (SSSR count). The molecule has 1 aliphatic rings. The minimum atomic E-state index is -0.452. The van der Waals surface area contributed by atoms with Crippen LogP contribution < -0.4 is 4.74 Å². The number of rotatable bonds is 8. The molecule has 1 saturated heterocycles. The van der Waals surface area contributed by atoms with Gasteiger partial charge in [0, 0.05) is 67.5 Å². The Morgan fingerprint density at radius 2 is 1.78 bits per heavy atom. The lowest BCUT2D eigenvalue weighted by Crippen LogP contribution is -2.47. The van der Waals surface area contributed by atoms with Crippen molar-refractivity contribution in [1.29, 1.82) is 0 Å². The Hall–Kier alpha value is -2.93. The summed E-state index contributed by atoms with van der Waals surface area (Å²) in [4.78, 5) is 17.2. The van der Waals surface area contributed by atoms with Gasteiger partial charge in [0.15, 0.2) is 5.78 Å². The summed E-state index contributed by atoms with van der Waals surface area (Å²) in [5.74, 6) is 0.670. The van der Waals surface area contributed by atoms with Crippen molar-refractivity contribution in [2.24, 2.45) is 0 Å². The van der Waals surface area contributed by atoms with Crippen molar-refractivity contribution in [3.8, 4) is 5.75 Å². The number of β-amino-alcohol motifs (C(OH)–C–C–N with tert-alkyl or cyclic N) is 1. The van der Waals surface area contributed by atoms with Crippen LogP contribution in [0, 0.1) is 0 Å². The fourth-order valence-corrected chi connectivity index (χ4v) is 4.19. The summed E-state index contributed by atoms with van der Waals surface area (Å²) in [5.41, 5.74) is 2.64. The largest absolute Gasteiger partial charge is 0.497 e. The van der Waals surface area contributed by atoms with E-state index in [0.29, 0.717) is 18.7 Å². The molecule has 1 aliphatic heterocycles. The van der Waals surface area contributed by atoms with Crippen LogP contribution in [0.5, 0.6) is 5.75 Å². The van der Waals surface area contributed by atoms with Gasteiger partial charge in [-0.05, 0) is 49.5 Å². The zero-order valence-electron chi connectivity index (χ0n) is 18.8. The summed E-state index contributed by atoms with van der Waals surface area (Å²) in [6.45, 7) is 5.24. The first-order valence-corrected chi connectivity index (χ1v) is 11.1. The molecule has 0 saturated carbocycles. The molecule has 6 heteroatoms. The van der Waals surface area contributed by atoms with Gasteiger partial charge in [-0.15, -0.1) is 0 Å². The van der Waals surface area contributed by atoms with Gasteiger partial charge in [-0.2, -0.15) is 0 Å². The molecule has 6 nitrogen and oxygen atoms in total. The van der Waals surface area contributed by atoms with Crippen molar-refractivity contribution in [3.63, 3.8) is 0 Å². The average Bonchev–Trinajstić information content (AvgIpc) is 3.16. The highest BCUT2D eigenvalue weighted by Crippen LogP contribution is 2.23. The third kappa shape index (κ3) is 5.27. The van der Waals surface area contributed by atoms with Crippen molar-refractivity contribution in [2.75, 3.05) is 46.9 Å². The molecule has 1 unspecified atom stereocenters. The van der Waals surface area contributed by atoms with Gasteiger partial charge in [0.2, 0.25) is 0 Å². The maximum absolute atomic E-state index is 12.6. The lowest BCUT2D eigenvalue weighted by molar-refractivity contribution is 0.0717. The Morgan fingerprint density at radius 3 is 2.50 bits per heavy atom. The SMILES string of the molecule is COc1ccc(C(=O)C=Cc2cn(CC(O)CN3CCN(C)CC3)c3ccccc23)cc1. The lowest BCUT2D eigenvalue weighted by Gasteiger charge is -2.33. The number of hydrogen-bond acceptors (Lipinski definition) is 5. The molecule has 0 amide bonds. The molecule has 0 aliphatic carbocycles. The van der Waals surface area contributed by atoms with Gasteiger partial charge in [-0.25, -0.2) is 0 Å². The summed E-state index contributed by atoms with van der Waals surface area (Å²) < 4.78 is 7.25. The molecule has 0 spiro atoms. The number of ether oxygens (including phenoxy) is 1. The van der Waals surface area contributed by atoms with E-state index in [1.807, 2.05) is 24.4 Å². The molecule has 168 valence electrons. The Morgan fingerprint density at radius 1 is 1.06 bits per heavy atom. The number of ketones is 1. The highest BCUT2D eigenvalue weighted by molar-refractivity contribution is 6.07. The number of carbonyl (C=O) groups is 1. The van der Waals surface area contributed by atoms with Crippen LogP contribution in [-0.4, -0.2) is 78.2 Å². The van der Waals surface area contributed by atoms with Gasteiger partial charge >= 0.3 is 0 Å². The van der Waals surface area contributed by atoms with Crippen molar-refractivity contribution in [3.05, 3.63) is 71.9 Å². The van der Waals surface area contributed by atoms with Crippen LogP contribution in [0.15, 0.2) is 60.8 Å². The molecule has 2 heterocycles. The molecule has 1 atom stereocenters. The number of methoxy groups -OCH3 is 1. The van der Waals surface area contributed by atoms with Crippen molar-refractivity contribution >= 4 is 22.8 Å². The first-order valence-electron chi connectivity index (χ1n) is 11.1. The van der Waals surface area contributed by atoms with E-state index >= 15 is 0 Å². The van der Waals surface area contributed by atoms with Crippen LogP contribution in [0.2, 0.25) is 0 Å². The fourth-order valence-electron chi connectivity index (χ4n) is 4.19. The zero-order chi connectivity index (χ0) is 22.5. The molecule has 1 aromatic heterocycles. The fraction of sp³-hybridized carbons (Fsp3) is 0.346. The second kappa shape index (κ2) is 10.1. The Kier molecular flexibility index (Phi) is 7.05. The maximum atomic E-state index is 12.6. The van der Waals surface area contributed by atoms with E-state index in [-0.39, 0.29) is 5.78 Å². The molecule has 1 fully saturated rings. The van der Waals surface area contributed by atoms with E-state index in [9.17, 15) is 9.90 Å². The van der Waals surface area contributed by atoms with Gasteiger partial charge in [0.1, 0.15) is 5.75 Å². The lowest BCUT2D eigenvalue weighted by atomic mass is 10.1. The Labute approximate surface area is 189 Å². The monoisotopic (exact) mass is 433 g/mol. The number of piperazine rings is 1. The van der Waals surface area contributed by atoms with E-state index in [4.69, 9.17) is 4.74 Å². The van der Waals surface area contributed by atoms with Gasteiger partial charge < -0.3 is 19.3 Å². The van der Waals surface area contributed by atoms with Crippen LogP contribution in [0.1, 0.15) is 15.9 Å². The molecule has 1 N–H and O–H groups in total. The topological polar surface area (TPSA) is 57.9 Å². The number of benzene rings is 2. The number of aromatic nitrogens is 1. The predicted octanol–water partition coefficient (Wildman–Crippen LogP) is 3.15. The van der Waals surface area contributed by atoms with Crippen molar-refractivity contribution in [1.82, 2.24) is 14.4 Å². The number of nitrogens with zero attached hydrogens (tertiary/aromatic N) is 3. The Balaban J connectivity index is 1.48. The van der Waals surface area contributed by atoms with Crippen LogP contribution in [0.4, 0.5) is 0 Å². The highest BCUT2D eigenvalue weighted by Gasteiger charge is 2.18. The number of likely N-dealkylation sites (N-methyl/N-ethyl adjacent to an activating group) is 1. The average molecular weight is 434 g/mol. The molecule has 32 heavy (non-hydrogen) atoms. The third-order valence-electron chi connectivity index (χ3n) is 6.08. The second-order valence-corrected chi connectivity index (χ2v) is 8.44. The number of aliphatic hydroxyl groups is 1. The van der Waals surface area contributed by atoms with Crippen LogP contribution >= 0.6 is 0 Å². The van der Waals surface area contributed by atoms with E-state index < -0.39 is 6.10 Å². The second-order valence-electron chi connectivity index (χ2n) is 8.44. The molecule has 2 aromatic carbocycles. The van der Waals surface area contributed by atoms with E-state index in [2.05, 4.69) is 33.5 Å². The molecular weight excluding hydrogens is 402 g/mol. The Bertz CT molecular complexity index is 1080. The minimum absolute atomic E-state index is 0.0559. The van der Waals surface area contributed by atoms with Crippen molar-refractivity contribution in [2.45, 2.75) is 12.6 Å². The van der Waals surface area contributed by atoms with Gasteiger partial charge in [-0.3, -0.25) is 9.69 Å². The van der Waals surface area contributed by atoms with Gasteiger partial charge in [0.05, 0.1) is 13.2 Å². The van der Waals surface area contributed by atoms with Gasteiger partial charge in [-0.1, -0.05) is 18.2 Å². The number of fused-ring (bicyclic) bond motifs is 1. The smallest absolute Gasteiger partial charge is 0.185 e. The van der Waals surface area contributed by atoms with Gasteiger partial charge in [0.25, 0.3) is 0 Å². The molecular formula is C26H31N3O3. The van der Waals surface area contributed by atoms with Crippen LogP contribution in [0.25, 0.3) is 17.0 Å². The number of hydrogen-bond donors (Lipinski definition) is 1. The first-order chi connectivity index (χ1) is 15.5. The summed E-state index contributed by atoms with van der Waals surface area (Å²) in [5, 5.41) is 11.8. The van der Waals surface area contributed by atoms with E-state index in [0.717, 1.165) is 48.4 Å². The van der Waals surface area contributed by atoms with Crippen LogP contribution in [-0.2, 0) is 6.54 Å². The summed E-state index contributed by atoms with van der Waals surface area (Å²) >= 11 is 0. The molecule has 3 aromatic rings. The summed E-state index contributed by atoms with van der Waals surface area (Å²) in [6.07, 6.45) is 5.04. The summed E-state index contributed by atoms with van der Waals surface area (Å²) in [6, 6.07) is 15.2. The van der Waals surface area contributed by atoms with Crippen molar-refractivity contribution < 1.29 is 14.6 Å². The third-order valence-corrected chi connectivity index (χ3v) is 6.08. The number of carbonyl (C=O) groups excluding carboxylic acids is 1. The zero-order valence-corrected chi connectivity index (χ0v) is 18.8. The molecule has 0 radical (unpaired) electrons. The number of para-hydroxylation sites is 1. The summed E-state index contributed by atoms with van der Waals surface area (Å²) in [7, 11) is 3.74. The number of aliphatic hydroxyl groups excluding tert-OH is 1.